The number of aromatic nitrogens is 1. The summed E-state index contributed by atoms with van der Waals surface area (Å²) in [4.78, 5) is 12.2. The van der Waals surface area contributed by atoms with Crippen LogP contribution in [0.5, 0.6) is 5.75 Å². The molecule has 0 spiro atoms. The minimum Gasteiger partial charge on any atom is -0.487 e. The summed E-state index contributed by atoms with van der Waals surface area (Å²) in [6.45, 7) is 10.9. The zero-order valence-electron chi connectivity index (χ0n) is 14.4. The molecule has 1 atom stereocenters. The van der Waals surface area contributed by atoms with E-state index in [0.717, 1.165) is 50.9 Å². The zero-order valence-corrected chi connectivity index (χ0v) is 14.4. The second kappa shape index (κ2) is 6.19. The lowest BCUT2D eigenvalue weighted by molar-refractivity contribution is 0.140. The van der Waals surface area contributed by atoms with E-state index >= 15 is 0 Å². The molecule has 0 N–H and O–H groups in total. The molecule has 4 rings (SSSR count). The van der Waals surface area contributed by atoms with Gasteiger partial charge in [-0.25, -0.2) is 4.98 Å². The molecule has 0 amide bonds. The van der Waals surface area contributed by atoms with Crippen LogP contribution in [0.2, 0.25) is 0 Å². The lowest BCUT2D eigenvalue weighted by atomic mass is 10.1. The Balaban J connectivity index is 1.53. The van der Waals surface area contributed by atoms with Crippen molar-refractivity contribution in [1.82, 2.24) is 9.88 Å². The van der Waals surface area contributed by atoms with Crippen LogP contribution >= 0.6 is 0 Å². The third-order valence-electron chi connectivity index (χ3n) is 5.49. The summed E-state index contributed by atoms with van der Waals surface area (Å²) in [5, 5.41) is 0. The van der Waals surface area contributed by atoms with Crippen molar-refractivity contribution in [2.45, 2.75) is 45.2 Å². The van der Waals surface area contributed by atoms with Crippen molar-refractivity contribution in [2.75, 3.05) is 49.1 Å². The molecule has 0 aliphatic carbocycles. The van der Waals surface area contributed by atoms with Crippen molar-refractivity contribution < 1.29 is 4.74 Å². The maximum atomic E-state index is 6.09. The Morgan fingerprint density at radius 3 is 2.74 bits per heavy atom. The second-order valence-electron chi connectivity index (χ2n) is 7.31. The van der Waals surface area contributed by atoms with E-state index < -0.39 is 0 Å². The number of nitrogens with zero attached hydrogens (tertiary/aromatic N) is 4. The highest BCUT2D eigenvalue weighted by Crippen LogP contribution is 2.36. The molecule has 4 heterocycles. The predicted molar refractivity (Wildman–Crippen MR) is 93.6 cm³/mol. The fourth-order valence-electron chi connectivity index (χ4n) is 4.03. The monoisotopic (exact) mass is 316 g/mol. The molecule has 1 aromatic heterocycles. The molecule has 0 radical (unpaired) electrons. The summed E-state index contributed by atoms with van der Waals surface area (Å²) >= 11 is 0. The summed E-state index contributed by atoms with van der Waals surface area (Å²) in [6.07, 6.45) is 5.98. The highest BCUT2D eigenvalue weighted by atomic mass is 16.5. The minimum absolute atomic E-state index is 0.437. The van der Waals surface area contributed by atoms with Crippen molar-refractivity contribution in [1.29, 1.82) is 0 Å². The molecule has 126 valence electrons. The van der Waals surface area contributed by atoms with Gasteiger partial charge in [-0.2, -0.15) is 0 Å². The Labute approximate surface area is 139 Å². The second-order valence-corrected chi connectivity index (χ2v) is 7.31. The van der Waals surface area contributed by atoms with Crippen LogP contribution in [0.15, 0.2) is 12.3 Å². The van der Waals surface area contributed by atoms with Crippen LogP contribution in [0.3, 0.4) is 0 Å². The Kier molecular flexibility index (Phi) is 4.05. The number of ether oxygens (including phenoxy) is 1. The molecule has 0 saturated carbocycles. The minimum atomic E-state index is 0.437. The fraction of sp³-hybridized carbons (Fsp3) is 0.722. The Morgan fingerprint density at radius 2 is 1.96 bits per heavy atom. The van der Waals surface area contributed by atoms with E-state index in [0.29, 0.717) is 12.1 Å². The number of rotatable bonds is 2. The molecule has 5 heteroatoms. The third-order valence-corrected chi connectivity index (χ3v) is 5.49. The van der Waals surface area contributed by atoms with Crippen molar-refractivity contribution >= 4 is 11.5 Å². The number of anilines is 2. The molecule has 1 aromatic rings. The van der Waals surface area contributed by atoms with E-state index in [1.165, 1.54) is 24.9 Å². The standard InChI is InChI=1S/C18H28N4O/c1-14(2)21-8-9-22-16(12-21)13-23-17-10-15(11-19-18(17)22)20-6-4-3-5-7-20/h10-11,14,16H,3-9,12-13H2,1-2H3. The first-order valence-electron chi connectivity index (χ1n) is 9.11. The van der Waals surface area contributed by atoms with Crippen molar-refractivity contribution in [3.05, 3.63) is 12.3 Å². The molecule has 0 aromatic carbocycles. The van der Waals surface area contributed by atoms with Gasteiger partial charge in [0.05, 0.1) is 17.9 Å². The highest BCUT2D eigenvalue weighted by molar-refractivity contribution is 5.62. The maximum Gasteiger partial charge on any atom is 0.171 e. The van der Waals surface area contributed by atoms with E-state index in [1.54, 1.807) is 0 Å². The van der Waals surface area contributed by atoms with E-state index in [2.05, 4.69) is 34.6 Å². The number of hydrogen-bond donors (Lipinski definition) is 0. The Hall–Kier alpha value is -1.49. The van der Waals surface area contributed by atoms with Crippen molar-refractivity contribution in [2.24, 2.45) is 0 Å². The number of piperidine rings is 1. The van der Waals surface area contributed by atoms with Gasteiger partial charge in [0, 0.05) is 44.8 Å². The molecule has 3 aliphatic rings. The lowest BCUT2D eigenvalue weighted by Crippen LogP contribution is -2.58. The summed E-state index contributed by atoms with van der Waals surface area (Å²) in [7, 11) is 0. The van der Waals surface area contributed by atoms with Gasteiger partial charge >= 0.3 is 0 Å². The molecule has 3 aliphatic heterocycles. The molecule has 2 saturated heterocycles. The van der Waals surface area contributed by atoms with Gasteiger partial charge in [0.15, 0.2) is 11.6 Å². The maximum absolute atomic E-state index is 6.09. The summed E-state index contributed by atoms with van der Waals surface area (Å²) in [6, 6.07) is 3.25. The predicted octanol–water partition coefficient (Wildman–Crippen LogP) is 2.36. The average molecular weight is 316 g/mol. The topological polar surface area (TPSA) is 31.8 Å². The summed E-state index contributed by atoms with van der Waals surface area (Å²) < 4.78 is 6.09. The fourth-order valence-corrected chi connectivity index (χ4v) is 4.03. The SMILES string of the molecule is CC(C)N1CCN2c3ncc(N4CCCCC4)cc3OCC2C1. The molecule has 1 unspecified atom stereocenters. The van der Waals surface area contributed by atoms with Gasteiger partial charge in [0.2, 0.25) is 0 Å². The molecule has 23 heavy (non-hydrogen) atoms. The Morgan fingerprint density at radius 1 is 1.13 bits per heavy atom. The number of pyridine rings is 1. The average Bonchev–Trinajstić information content (AvgIpc) is 2.61. The quantitative estimate of drug-likeness (QED) is 0.836. The lowest BCUT2D eigenvalue weighted by Gasteiger charge is -2.46. The van der Waals surface area contributed by atoms with Crippen LogP contribution < -0.4 is 14.5 Å². The number of fused-ring (bicyclic) bond motifs is 3. The first kappa shape index (κ1) is 15.1. The number of piperazine rings is 1. The van der Waals surface area contributed by atoms with Gasteiger partial charge in [-0.1, -0.05) is 0 Å². The molecular formula is C18H28N4O. The van der Waals surface area contributed by atoms with E-state index in [9.17, 15) is 0 Å². The van der Waals surface area contributed by atoms with E-state index in [4.69, 9.17) is 9.72 Å². The van der Waals surface area contributed by atoms with Gasteiger partial charge in [0.1, 0.15) is 6.61 Å². The first-order chi connectivity index (χ1) is 11.2. The van der Waals surface area contributed by atoms with Crippen LogP contribution in [-0.4, -0.2) is 61.3 Å². The Bertz CT molecular complexity index is 556. The van der Waals surface area contributed by atoms with Crippen molar-refractivity contribution in [3.8, 4) is 5.75 Å². The summed E-state index contributed by atoms with van der Waals surface area (Å²) in [5.41, 5.74) is 1.22. The molecular weight excluding hydrogens is 288 g/mol. The van der Waals surface area contributed by atoms with Crippen LogP contribution in [0.1, 0.15) is 33.1 Å². The van der Waals surface area contributed by atoms with Crippen LogP contribution in [-0.2, 0) is 0 Å². The van der Waals surface area contributed by atoms with Gasteiger partial charge in [-0.3, -0.25) is 4.90 Å². The molecule has 5 nitrogen and oxygen atoms in total. The van der Waals surface area contributed by atoms with Crippen LogP contribution in [0, 0.1) is 0 Å². The van der Waals surface area contributed by atoms with Crippen molar-refractivity contribution in [3.63, 3.8) is 0 Å². The summed E-state index contributed by atoms with van der Waals surface area (Å²) in [5.74, 6) is 2.02. The van der Waals surface area contributed by atoms with Crippen LogP contribution in [0.25, 0.3) is 0 Å². The van der Waals surface area contributed by atoms with E-state index in [1.807, 2.05) is 6.20 Å². The third kappa shape index (κ3) is 2.87. The van der Waals surface area contributed by atoms with Crippen LogP contribution in [0.4, 0.5) is 11.5 Å². The largest absolute Gasteiger partial charge is 0.487 e. The smallest absolute Gasteiger partial charge is 0.171 e. The van der Waals surface area contributed by atoms with Gasteiger partial charge < -0.3 is 14.5 Å². The molecule has 0 bridgehead atoms. The first-order valence-corrected chi connectivity index (χ1v) is 9.11. The molecule has 2 fully saturated rings. The van der Waals surface area contributed by atoms with Gasteiger partial charge in [-0.15, -0.1) is 0 Å². The van der Waals surface area contributed by atoms with E-state index in [-0.39, 0.29) is 0 Å². The van der Waals surface area contributed by atoms with Gasteiger partial charge in [-0.05, 0) is 33.1 Å². The number of hydrogen-bond acceptors (Lipinski definition) is 5. The normalized spacial score (nSPS) is 25.1. The zero-order chi connectivity index (χ0) is 15.8. The highest BCUT2D eigenvalue weighted by Gasteiger charge is 2.34. The van der Waals surface area contributed by atoms with Gasteiger partial charge in [0.25, 0.3) is 0 Å².